The van der Waals surface area contributed by atoms with Gasteiger partial charge in [-0.05, 0) is 48.4 Å². The second-order valence-corrected chi connectivity index (χ2v) is 6.90. The Morgan fingerprint density at radius 1 is 1.04 bits per heavy atom. The molecule has 2 aromatic carbocycles. The van der Waals surface area contributed by atoms with Crippen LogP contribution in [0.5, 0.6) is 5.75 Å². The largest absolute Gasteiger partial charge is 0.506 e. The summed E-state index contributed by atoms with van der Waals surface area (Å²) in [6.45, 7) is 7.80. The summed E-state index contributed by atoms with van der Waals surface area (Å²) in [5.74, 6) is 0.203. The van der Waals surface area contributed by atoms with Gasteiger partial charge in [-0.15, -0.1) is 5.11 Å². The van der Waals surface area contributed by atoms with Crippen LogP contribution in [0.25, 0.3) is 0 Å². The number of ketones is 1. The number of aryl methyl sites for hydroxylation is 1. The molecule has 0 radical (unpaired) electrons. The lowest BCUT2D eigenvalue weighted by molar-refractivity contribution is 0.0858. The van der Waals surface area contributed by atoms with Crippen molar-refractivity contribution in [2.75, 3.05) is 0 Å². The Balaban J connectivity index is 2.18. The summed E-state index contributed by atoms with van der Waals surface area (Å²) in [6.07, 6.45) is 1.97. The van der Waals surface area contributed by atoms with Gasteiger partial charge >= 0.3 is 0 Å². The molecular weight excluding hydrogens is 300 g/mol. The minimum atomic E-state index is -0.408. The number of carbonyl (C=O) groups excluding carboxylic acids is 1. The molecule has 126 valence electrons. The van der Waals surface area contributed by atoms with Crippen molar-refractivity contribution in [3.63, 3.8) is 0 Å². The highest BCUT2D eigenvalue weighted by molar-refractivity contribution is 5.99. The average molecular weight is 324 g/mol. The molecule has 2 aromatic rings. The van der Waals surface area contributed by atoms with Gasteiger partial charge in [0.05, 0.1) is 5.69 Å². The van der Waals surface area contributed by atoms with E-state index >= 15 is 0 Å². The van der Waals surface area contributed by atoms with Crippen molar-refractivity contribution in [1.29, 1.82) is 0 Å². The van der Waals surface area contributed by atoms with Crippen LogP contribution >= 0.6 is 0 Å². The monoisotopic (exact) mass is 324 g/mol. The number of nitrogens with zero attached hydrogens (tertiary/aromatic N) is 2. The lowest BCUT2D eigenvalue weighted by Crippen LogP contribution is -2.19. The number of carbonyl (C=O) groups is 1. The highest BCUT2D eigenvalue weighted by Crippen LogP contribution is 2.30. The van der Waals surface area contributed by atoms with Crippen LogP contribution in [0.2, 0.25) is 0 Å². The molecule has 0 aliphatic heterocycles. The molecule has 0 aromatic heterocycles. The number of azo groups is 1. The van der Waals surface area contributed by atoms with Gasteiger partial charge in [0.15, 0.2) is 5.78 Å². The summed E-state index contributed by atoms with van der Waals surface area (Å²) in [4.78, 5) is 12.2. The van der Waals surface area contributed by atoms with Gasteiger partial charge in [0.1, 0.15) is 11.4 Å². The predicted molar refractivity (Wildman–Crippen MR) is 96.5 cm³/mol. The normalized spacial score (nSPS) is 11.8. The van der Waals surface area contributed by atoms with Crippen molar-refractivity contribution < 1.29 is 9.90 Å². The fourth-order valence-corrected chi connectivity index (χ4v) is 2.32. The standard InChI is InChI=1S/C20H24N2O2/c1-5-6-14-7-12-18(23)17(13-14)22-21-16-10-8-15(9-11-16)19(24)20(2,3)4/h7-13,23H,5-6H2,1-4H3. The van der Waals surface area contributed by atoms with Crippen LogP contribution in [0, 0.1) is 5.41 Å². The molecule has 0 saturated carbocycles. The maximum absolute atomic E-state index is 12.2. The van der Waals surface area contributed by atoms with Crippen LogP contribution in [0.3, 0.4) is 0 Å². The molecule has 0 bridgehead atoms. The van der Waals surface area contributed by atoms with Crippen LogP contribution in [0.15, 0.2) is 52.7 Å². The molecule has 0 heterocycles. The van der Waals surface area contributed by atoms with E-state index in [2.05, 4.69) is 17.2 Å². The molecule has 0 aliphatic carbocycles. The molecule has 0 saturated heterocycles. The summed E-state index contributed by atoms with van der Waals surface area (Å²) >= 11 is 0. The number of benzene rings is 2. The third kappa shape index (κ3) is 4.51. The number of hydrogen-bond acceptors (Lipinski definition) is 4. The molecule has 2 rings (SSSR count). The third-order valence-electron chi connectivity index (χ3n) is 3.66. The van der Waals surface area contributed by atoms with E-state index in [0.717, 1.165) is 18.4 Å². The lowest BCUT2D eigenvalue weighted by atomic mass is 9.86. The Bertz CT molecular complexity index is 741. The maximum Gasteiger partial charge on any atom is 0.168 e. The second-order valence-electron chi connectivity index (χ2n) is 6.90. The van der Waals surface area contributed by atoms with Crippen LogP contribution in [-0.2, 0) is 6.42 Å². The van der Waals surface area contributed by atoms with Gasteiger partial charge in [-0.2, -0.15) is 5.11 Å². The SMILES string of the molecule is CCCc1ccc(O)c(N=Nc2ccc(C(=O)C(C)(C)C)cc2)c1. The first-order valence-corrected chi connectivity index (χ1v) is 8.20. The van der Waals surface area contributed by atoms with Crippen molar-refractivity contribution in [3.8, 4) is 5.75 Å². The van der Waals surface area contributed by atoms with Gasteiger partial charge < -0.3 is 5.11 Å². The third-order valence-corrected chi connectivity index (χ3v) is 3.66. The summed E-state index contributed by atoms with van der Waals surface area (Å²) in [6, 6.07) is 12.4. The van der Waals surface area contributed by atoms with Crippen LogP contribution in [-0.4, -0.2) is 10.9 Å². The van der Waals surface area contributed by atoms with E-state index in [1.54, 1.807) is 30.3 Å². The first-order valence-electron chi connectivity index (χ1n) is 8.20. The first kappa shape index (κ1) is 17.9. The van der Waals surface area contributed by atoms with Gasteiger partial charge in [0, 0.05) is 11.0 Å². The maximum atomic E-state index is 12.2. The second kappa shape index (κ2) is 7.39. The quantitative estimate of drug-likeness (QED) is 0.542. The number of aromatic hydroxyl groups is 1. The van der Waals surface area contributed by atoms with Crippen molar-refractivity contribution in [2.45, 2.75) is 40.5 Å². The van der Waals surface area contributed by atoms with E-state index < -0.39 is 5.41 Å². The smallest absolute Gasteiger partial charge is 0.168 e. The van der Waals surface area contributed by atoms with Crippen molar-refractivity contribution >= 4 is 17.2 Å². The number of rotatable bonds is 5. The van der Waals surface area contributed by atoms with Crippen molar-refractivity contribution in [2.24, 2.45) is 15.6 Å². The predicted octanol–water partition coefficient (Wildman–Crippen LogP) is 5.99. The molecular formula is C20H24N2O2. The first-order chi connectivity index (χ1) is 11.3. The minimum Gasteiger partial charge on any atom is -0.506 e. The molecule has 0 unspecified atom stereocenters. The summed E-state index contributed by atoms with van der Waals surface area (Å²) in [7, 11) is 0. The fraction of sp³-hybridized carbons (Fsp3) is 0.350. The van der Waals surface area contributed by atoms with Gasteiger partial charge in [-0.3, -0.25) is 4.79 Å². The summed E-state index contributed by atoms with van der Waals surface area (Å²) < 4.78 is 0. The zero-order valence-electron chi connectivity index (χ0n) is 14.7. The Morgan fingerprint density at radius 2 is 1.71 bits per heavy atom. The number of phenolic OH excluding ortho intramolecular Hbond substituents is 1. The molecule has 0 fully saturated rings. The summed E-state index contributed by atoms with van der Waals surface area (Å²) in [5.41, 5.74) is 2.47. The minimum absolute atomic E-state index is 0.0934. The van der Waals surface area contributed by atoms with E-state index in [4.69, 9.17) is 0 Å². The van der Waals surface area contributed by atoms with Gasteiger partial charge in [-0.25, -0.2) is 0 Å². The highest BCUT2D eigenvalue weighted by Gasteiger charge is 2.22. The Hall–Kier alpha value is -2.49. The average Bonchev–Trinajstić information content (AvgIpc) is 2.54. The van der Waals surface area contributed by atoms with E-state index in [1.165, 1.54) is 0 Å². The lowest BCUT2D eigenvalue weighted by Gasteiger charge is -2.16. The van der Waals surface area contributed by atoms with Crippen LogP contribution in [0.4, 0.5) is 11.4 Å². The molecule has 4 nitrogen and oxygen atoms in total. The molecule has 1 N–H and O–H groups in total. The van der Waals surface area contributed by atoms with E-state index in [0.29, 0.717) is 16.9 Å². The molecule has 24 heavy (non-hydrogen) atoms. The Kier molecular flexibility index (Phi) is 5.50. The van der Waals surface area contributed by atoms with Crippen molar-refractivity contribution in [1.82, 2.24) is 0 Å². The van der Waals surface area contributed by atoms with Gasteiger partial charge in [-0.1, -0.05) is 40.2 Å². The number of Topliss-reactive ketones (excluding diaryl/α,β-unsaturated/α-hetero) is 1. The zero-order chi connectivity index (χ0) is 17.7. The van der Waals surface area contributed by atoms with E-state index in [-0.39, 0.29) is 11.5 Å². The number of hydrogen-bond donors (Lipinski definition) is 1. The molecule has 0 atom stereocenters. The molecule has 4 heteroatoms. The van der Waals surface area contributed by atoms with Crippen LogP contribution in [0.1, 0.15) is 50.0 Å². The van der Waals surface area contributed by atoms with E-state index in [9.17, 15) is 9.90 Å². The van der Waals surface area contributed by atoms with Crippen LogP contribution < -0.4 is 0 Å². The summed E-state index contributed by atoms with van der Waals surface area (Å²) in [5, 5.41) is 18.2. The van der Waals surface area contributed by atoms with Crippen molar-refractivity contribution in [3.05, 3.63) is 53.6 Å². The molecule has 0 spiro atoms. The molecule has 0 aliphatic rings. The van der Waals surface area contributed by atoms with Gasteiger partial charge in [0.25, 0.3) is 0 Å². The zero-order valence-corrected chi connectivity index (χ0v) is 14.7. The number of phenols is 1. The molecule has 0 amide bonds. The Labute approximate surface area is 143 Å². The van der Waals surface area contributed by atoms with Gasteiger partial charge in [0.2, 0.25) is 0 Å². The fourth-order valence-electron chi connectivity index (χ4n) is 2.32. The van der Waals surface area contributed by atoms with E-state index in [1.807, 2.05) is 32.9 Å². The topological polar surface area (TPSA) is 62.0 Å². The Morgan fingerprint density at radius 3 is 2.29 bits per heavy atom. The highest BCUT2D eigenvalue weighted by atomic mass is 16.3.